The molecule has 0 aromatic heterocycles. The highest BCUT2D eigenvalue weighted by Gasteiger charge is 2.47. The van der Waals surface area contributed by atoms with Crippen LogP contribution in [0.15, 0.2) is 0 Å². The lowest BCUT2D eigenvalue weighted by Gasteiger charge is -2.43. The number of hydrogen-bond donors (Lipinski definition) is 0. The summed E-state index contributed by atoms with van der Waals surface area (Å²) >= 11 is 0. The minimum absolute atomic E-state index is 0.989. The molecule has 15 nitrogen and oxygen atoms in total. The zero-order valence-electron chi connectivity index (χ0n) is 46.5. The summed E-state index contributed by atoms with van der Waals surface area (Å²) in [7, 11) is -31.3. The summed E-state index contributed by atoms with van der Waals surface area (Å²) in [6, 6.07) is 6.26. The topological polar surface area (TPSA) is 138 Å². The van der Waals surface area contributed by atoms with Crippen LogP contribution in [0.25, 0.3) is 0 Å². The van der Waals surface area contributed by atoms with Gasteiger partial charge in [0.15, 0.2) is 16.6 Å². The molecule has 404 valence electrons. The van der Waals surface area contributed by atoms with E-state index in [0.717, 1.165) is 74.8 Å². The van der Waals surface area contributed by atoms with Gasteiger partial charge in [-0.2, -0.15) is 0 Å². The molecule has 3 aliphatic rings. The van der Waals surface area contributed by atoms with Crippen molar-refractivity contribution in [1.29, 1.82) is 0 Å². The molecule has 0 aromatic carbocycles. The third kappa shape index (κ3) is 27.3. The normalized spacial score (nSPS) is 35.1. The number of unbranched alkanes of at least 4 members (excludes halogenated alkanes) is 9. The third-order valence-corrected chi connectivity index (χ3v) is 70.9. The monoisotopic (exact) mass is 1230 g/mol. The summed E-state index contributed by atoms with van der Waals surface area (Å²) in [6.45, 7) is 42.2. The molecule has 7 unspecified atom stereocenters. The van der Waals surface area contributed by atoms with Gasteiger partial charge in [0.2, 0.25) is 0 Å². The Morgan fingerprint density at radius 1 is 0.309 bits per heavy atom. The van der Waals surface area contributed by atoms with Crippen LogP contribution in [-0.2, 0) is 61.7 Å². The second-order valence-electron chi connectivity index (χ2n) is 22.1. The maximum absolute atomic E-state index is 7.45. The molecule has 7 atom stereocenters. The Morgan fingerprint density at radius 3 is 0.853 bits per heavy atom. The predicted molar refractivity (Wildman–Crippen MR) is 317 cm³/mol. The SMILES string of the molecule is C[SiH]1O[SiH](C)O[Si](C)(CCCCCC[Si](C)(C)O[Si](C)(C)O[Si](C)(CCCCCC[Si]2(C)O[SiH](C)O[SiH](C)O[SiH](C)O2)O[Si](C)(C)CCCCCC[Si]2(C)O[SiH](C)O[SiH](C)O[SiH](C)O2)O[SiH](C)O1. The van der Waals surface area contributed by atoms with Gasteiger partial charge in [0.25, 0.3) is 83.6 Å². The maximum atomic E-state index is 7.45. The second kappa shape index (κ2) is 30.1. The van der Waals surface area contributed by atoms with Gasteiger partial charge in [0.1, 0.15) is 0 Å². The Morgan fingerprint density at radius 2 is 0.559 bits per heavy atom. The molecule has 3 aliphatic heterocycles. The molecule has 0 N–H and O–H groups in total. The van der Waals surface area contributed by atoms with E-state index < -0.39 is 143 Å². The Kier molecular flexibility index (Phi) is 28.9. The largest absolute Gasteiger partial charge is 0.436 e. The summed E-state index contributed by atoms with van der Waals surface area (Å²) in [4.78, 5) is 0. The quantitative estimate of drug-likeness (QED) is 0.0571. The minimum Gasteiger partial charge on any atom is -0.436 e. The molecule has 0 radical (unpaired) electrons. The van der Waals surface area contributed by atoms with E-state index in [1.807, 2.05) is 0 Å². The molecule has 68 heavy (non-hydrogen) atoms. The fourth-order valence-electron chi connectivity index (χ4n) is 10.4. The summed E-state index contributed by atoms with van der Waals surface area (Å²) < 4.78 is 98.3. The minimum atomic E-state index is -2.60. The van der Waals surface area contributed by atoms with Crippen molar-refractivity contribution in [2.24, 2.45) is 0 Å². The van der Waals surface area contributed by atoms with E-state index in [2.05, 4.69) is 124 Å². The second-order valence-corrected chi connectivity index (χ2v) is 68.9. The molecule has 3 fully saturated rings. The predicted octanol–water partition coefficient (Wildman–Crippen LogP) is 9.01. The van der Waals surface area contributed by atoms with Crippen LogP contribution < -0.4 is 0 Å². The lowest BCUT2D eigenvalue weighted by molar-refractivity contribution is 0.271. The number of rotatable bonds is 27. The van der Waals surface area contributed by atoms with Crippen LogP contribution >= 0.6 is 0 Å². The first-order valence-electron chi connectivity index (χ1n) is 26.5. The zero-order valence-corrected chi connectivity index (χ0v) is 63.9. The highest BCUT2D eigenvalue weighted by molar-refractivity contribution is 6.90. The van der Waals surface area contributed by atoms with Gasteiger partial charge in [-0.15, -0.1) is 0 Å². The van der Waals surface area contributed by atoms with Crippen LogP contribution in [0.3, 0.4) is 0 Å². The molecule has 31 heteroatoms. The van der Waals surface area contributed by atoms with Crippen molar-refractivity contribution in [3.8, 4) is 0 Å². The maximum Gasteiger partial charge on any atom is 0.316 e. The van der Waals surface area contributed by atoms with Crippen LogP contribution in [0.5, 0.6) is 0 Å². The van der Waals surface area contributed by atoms with Crippen molar-refractivity contribution >= 4 is 143 Å². The molecule has 0 aliphatic carbocycles. The van der Waals surface area contributed by atoms with E-state index in [1.165, 1.54) is 38.5 Å². The molecule has 3 saturated heterocycles. The van der Waals surface area contributed by atoms with Crippen LogP contribution in [-0.4, -0.2) is 143 Å². The fourth-order valence-corrected chi connectivity index (χ4v) is 74.7. The Hall–Kier alpha value is 2.87. The van der Waals surface area contributed by atoms with Crippen LogP contribution in [0, 0.1) is 0 Å². The highest BCUT2D eigenvalue weighted by atomic mass is 28.5. The Bertz CT molecular complexity index is 1400. The zero-order chi connectivity index (χ0) is 51.0. The average Bonchev–Trinajstić information content (AvgIpc) is 3.12. The van der Waals surface area contributed by atoms with E-state index in [-0.39, 0.29) is 0 Å². The van der Waals surface area contributed by atoms with Gasteiger partial charge >= 0.3 is 42.8 Å². The van der Waals surface area contributed by atoms with Crippen LogP contribution in [0.2, 0.25) is 161 Å². The van der Waals surface area contributed by atoms with Crippen molar-refractivity contribution in [2.45, 2.75) is 238 Å². The molecule has 3 heterocycles. The van der Waals surface area contributed by atoms with E-state index in [9.17, 15) is 0 Å². The van der Waals surface area contributed by atoms with Crippen molar-refractivity contribution in [2.75, 3.05) is 0 Å². The van der Waals surface area contributed by atoms with Gasteiger partial charge in [-0.05, 0) is 161 Å². The first-order valence-corrected chi connectivity index (χ1v) is 64.5. The molecule has 0 bridgehead atoms. The molecule has 3 rings (SSSR count). The van der Waals surface area contributed by atoms with Gasteiger partial charge in [-0.1, -0.05) is 77.0 Å². The van der Waals surface area contributed by atoms with E-state index >= 15 is 0 Å². The number of hydrogen-bond acceptors (Lipinski definition) is 15. The lowest BCUT2D eigenvalue weighted by Crippen LogP contribution is -2.57. The smallest absolute Gasteiger partial charge is 0.316 e. The molecule has 0 spiro atoms. The lowest BCUT2D eigenvalue weighted by atomic mass is 10.2. The standard InChI is InChI=1S/C37H102O15Si16/c1-53-38-56(4)44-65(16,45-57(5)39-53)34-28-22-20-26-32-62(10,11)50-64(14,15)52-68(19,37-31-25-24-30-36-67(18)48-60(8)42-55(3)43-61(9)49-67)51-63(12,13)33-27-21-23-29-35-66(17)46-58(6)40-54(2)41-59(7)47-66/h53-61H,20-37H2,1-19H3. The Balaban J connectivity index is 1.55. The van der Waals surface area contributed by atoms with E-state index in [4.69, 9.17) is 61.7 Å². The van der Waals surface area contributed by atoms with E-state index in [0.29, 0.717) is 0 Å². The summed E-state index contributed by atoms with van der Waals surface area (Å²) in [5, 5.41) is 0. The van der Waals surface area contributed by atoms with Crippen LogP contribution in [0.4, 0.5) is 0 Å². The molecule has 0 amide bonds. The summed E-state index contributed by atoms with van der Waals surface area (Å²) in [5.74, 6) is 0. The summed E-state index contributed by atoms with van der Waals surface area (Å²) in [5.41, 5.74) is 0. The van der Waals surface area contributed by atoms with Crippen molar-refractivity contribution in [1.82, 2.24) is 0 Å². The van der Waals surface area contributed by atoms with E-state index in [1.54, 1.807) is 0 Å². The third-order valence-electron chi connectivity index (χ3n) is 12.6. The first kappa shape index (κ1) is 65.2. The van der Waals surface area contributed by atoms with Gasteiger partial charge in [0, 0.05) is 0 Å². The molecular formula is C37H102O15Si16. The highest BCUT2D eigenvalue weighted by Crippen LogP contribution is 2.33. The molecule has 0 saturated carbocycles. The van der Waals surface area contributed by atoms with Crippen molar-refractivity contribution in [3.05, 3.63) is 0 Å². The molecule has 0 aromatic rings. The summed E-state index contributed by atoms with van der Waals surface area (Å²) in [6.07, 6.45) is 13.8. The van der Waals surface area contributed by atoms with Gasteiger partial charge in [0.05, 0.1) is 0 Å². The Labute approximate surface area is 439 Å². The van der Waals surface area contributed by atoms with Crippen LogP contribution in [0.1, 0.15) is 77.0 Å². The van der Waals surface area contributed by atoms with Crippen molar-refractivity contribution in [3.63, 3.8) is 0 Å². The molecular weight excluding hydrogens is 1130 g/mol. The van der Waals surface area contributed by atoms with Gasteiger partial charge in [-0.3, -0.25) is 0 Å². The first-order chi connectivity index (χ1) is 31.4. The van der Waals surface area contributed by atoms with Gasteiger partial charge < -0.3 is 61.7 Å². The average molecular weight is 1240 g/mol. The van der Waals surface area contributed by atoms with Gasteiger partial charge in [-0.25, -0.2) is 0 Å². The van der Waals surface area contributed by atoms with Crippen molar-refractivity contribution < 1.29 is 61.7 Å². The fraction of sp³-hybridized carbons (Fsp3) is 1.00.